The van der Waals surface area contributed by atoms with Gasteiger partial charge in [0, 0.05) is 12.4 Å². The summed E-state index contributed by atoms with van der Waals surface area (Å²) in [5.41, 5.74) is 0.0515. The Kier molecular flexibility index (Phi) is 3.33. The van der Waals surface area contributed by atoms with Gasteiger partial charge in [0.1, 0.15) is 11.4 Å². The monoisotopic (exact) mass is 269 g/mol. The van der Waals surface area contributed by atoms with Crippen LogP contribution in [0.1, 0.15) is 19.4 Å². The minimum atomic E-state index is -1.11. The van der Waals surface area contributed by atoms with Crippen LogP contribution in [0, 0.1) is 11.3 Å². The number of para-hydroxylation sites is 1. The van der Waals surface area contributed by atoms with E-state index < -0.39 is 11.5 Å². The molecule has 5 nitrogen and oxygen atoms in total. The number of fused-ring (bicyclic) bond motifs is 1. The molecular formula is C15H15N3O2. The lowest BCUT2D eigenvalue weighted by Gasteiger charge is -2.32. The molecular weight excluding hydrogens is 254 g/mol. The van der Waals surface area contributed by atoms with Gasteiger partial charge < -0.3 is 10.0 Å². The summed E-state index contributed by atoms with van der Waals surface area (Å²) in [5.74, 6) is -0.485. The molecule has 1 aromatic carbocycles. The first-order valence-corrected chi connectivity index (χ1v) is 6.15. The average Bonchev–Trinajstić information content (AvgIpc) is 2.44. The Hall–Kier alpha value is -2.61. The van der Waals surface area contributed by atoms with Gasteiger partial charge in [-0.3, -0.25) is 0 Å². The predicted octanol–water partition coefficient (Wildman–Crippen LogP) is 2.41. The Morgan fingerprint density at radius 3 is 2.65 bits per heavy atom. The van der Waals surface area contributed by atoms with Crippen molar-refractivity contribution in [3.8, 4) is 6.07 Å². The van der Waals surface area contributed by atoms with Crippen LogP contribution in [0.3, 0.4) is 0 Å². The minimum Gasteiger partial charge on any atom is -0.480 e. The van der Waals surface area contributed by atoms with Gasteiger partial charge in [0.25, 0.3) is 0 Å². The number of hydrogen-bond donors (Lipinski definition) is 1. The Morgan fingerprint density at radius 1 is 1.40 bits per heavy atom. The smallest absolute Gasteiger partial charge is 0.328 e. The maximum atomic E-state index is 11.3. The number of benzene rings is 1. The fourth-order valence-corrected chi connectivity index (χ4v) is 1.86. The highest BCUT2D eigenvalue weighted by Crippen LogP contribution is 2.26. The van der Waals surface area contributed by atoms with Gasteiger partial charge in [-0.1, -0.05) is 18.2 Å². The fourth-order valence-electron chi connectivity index (χ4n) is 1.86. The molecule has 0 atom stereocenters. The van der Waals surface area contributed by atoms with Crippen LogP contribution in [0.15, 0.2) is 30.3 Å². The molecule has 0 bridgehead atoms. The van der Waals surface area contributed by atoms with Crippen molar-refractivity contribution >= 4 is 22.7 Å². The number of carboxylic acid groups (broad SMARTS) is 1. The number of carbonyl (C=O) groups is 1. The molecule has 0 saturated carbocycles. The summed E-state index contributed by atoms with van der Waals surface area (Å²) >= 11 is 0. The van der Waals surface area contributed by atoms with E-state index >= 15 is 0 Å². The SMILES string of the molecule is CN(c1cc(C#N)c2ccccc2n1)C(C)(C)C(=O)O. The van der Waals surface area contributed by atoms with E-state index in [9.17, 15) is 15.2 Å². The van der Waals surface area contributed by atoms with Crippen molar-refractivity contribution in [2.24, 2.45) is 0 Å². The number of nitrogens with zero attached hydrogens (tertiary/aromatic N) is 3. The molecule has 1 aromatic heterocycles. The van der Waals surface area contributed by atoms with Gasteiger partial charge >= 0.3 is 5.97 Å². The minimum absolute atomic E-state index is 0.465. The quantitative estimate of drug-likeness (QED) is 0.925. The Labute approximate surface area is 117 Å². The molecule has 0 radical (unpaired) electrons. The molecule has 0 aliphatic carbocycles. The maximum absolute atomic E-state index is 11.3. The fraction of sp³-hybridized carbons (Fsp3) is 0.267. The van der Waals surface area contributed by atoms with Gasteiger partial charge in [-0.05, 0) is 26.0 Å². The van der Waals surface area contributed by atoms with E-state index in [4.69, 9.17) is 0 Å². The van der Waals surface area contributed by atoms with E-state index in [1.165, 1.54) is 0 Å². The van der Waals surface area contributed by atoms with E-state index in [0.29, 0.717) is 16.9 Å². The van der Waals surface area contributed by atoms with Crippen molar-refractivity contribution in [2.45, 2.75) is 19.4 Å². The lowest BCUT2D eigenvalue weighted by molar-refractivity contribution is -0.142. The third-order valence-corrected chi connectivity index (χ3v) is 3.53. The molecule has 2 rings (SSSR count). The third kappa shape index (κ3) is 2.16. The number of carboxylic acids is 1. The highest BCUT2D eigenvalue weighted by atomic mass is 16.4. The van der Waals surface area contributed by atoms with Gasteiger partial charge in [0.05, 0.1) is 17.1 Å². The van der Waals surface area contributed by atoms with E-state index in [1.807, 2.05) is 18.2 Å². The van der Waals surface area contributed by atoms with Gasteiger partial charge in [0.15, 0.2) is 0 Å². The number of hydrogen-bond acceptors (Lipinski definition) is 4. The zero-order chi connectivity index (χ0) is 14.9. The van der Waals surface area contributed by atoms with Gasteiger partial charge in [0.2, 0.25) is 0 Å². The molecule has 20 heavy (non-hydrogen) atoms. The second-order valence-electron chi connectivity index (χ2n) is 5.08. The molecule has 0 saturated heterocycles. The molecule has 0 aliphatic heterocycles. The number of rotatable bonds is 3. The van der Waals surface area contributed by atoms with Crippen LogP contribution in [0.5, 0.6) is 0 Å². The summed E-state index contributed by atoms with van der Waals surface area (Å²) in [6, 6.07) is 11.1. The lowest BCUT2D eigenvalue weighted by Crippen LogP contribution is -2.48. The van der Waals surface area contributed by atoms with Crippen LogP contribution in [0.4, 0.5) is 5.82 Å². The summed E-state index contributed by atoms with van der Waals surface area (Å²) in [6.45, 7) is 3.19. The Morgan fingerprint density at radius 2 is 2.05 bits per heavy atom. The standard InChI is InChI=1S/C15H15N3O2/c1-15(2,14(19)20)18(3)13-8-10(9-16)11-6-4-5-7-12(11)17-13/h4-8H,1-3H3,(H,19,20). The van der Waals surface area contributed by atoms with Crippen molar-refractivity contribution in [3.63, 3.8) is 0 Å². The highest BCUT2D eigenvalue weighted by Gasteiger charge is 2.33. The molecule has 102 valence electrons. The number of pyridine rings is 1. The van der Waals surface area contributed by atoms with Gasteiger partial charge in [-0.2, -0.15) is 5.26 Å². The van der Waals surface area contributed by atoms with E-state index in [1.54, 1.807) is 37.9 Å². The second-order valence-corrected chi connectivity index (χ2v) is 5.08. The maximum Gasteiger partial charge on any atom is 0.328 e. The molecule has 0 fully saturated rings. The first kappa shape index (κ1) is 13.8. The second kappa shape index (κ2) is 4.82. The highest BCUT2D eigenvalue weighted by molar-refractivity contribution is 5.88. The molecule has 0 aliphatic rings. The molecule has 0 unspecified atom stereocenters. The number of aromatic nitrogens is 1. The summed E-state index contributed by atoms with van der Waals surface area (Å²) < 4.78 is 0. The summed E-state index contributed by atoms with van der Waals surface area (Å²) in [4.78, 5) is 17.3. The Balaban J connectivity index is 2.62. The summed E-state index contributed by atoms with van der Waals surface area (Å²) in [5, 5.41) is 19.3. The van der Waals surface area contributed by atoms with Crippen molar-refractivity contribution < 1.29 is 9.90 Å². The van der Waals surface area contributed by atoms with Crippen LogP contribution in [0.2, 0.25) is 0 Å². The molecule has 5 heteroatoms. The van der Waals surface area contributed by atoms with Gasteiger partial charge in [-0.15, -0.1) is 0 Å². The van der Waals surface area contributed by atoms with Crippen LogP contribution in [0.25, 0.3) is 10.9 Å². The predicted molar refractivity (Wildman–Crippen MR) is 76.6 cm³/mol. The van der Waals surface area contributed by atoms with Crippen LogP contribution in [-0.2, 0) is 4.79 Å². The Bertz CT molecular complexity index is 717. The molecule has 2 aromatic rings. The van der Waals surface area contributed by atoms with Crippen LogP contribution in [-0.4, -0.2) is 28.6 Å². The first-order valence-electron chi connectivity index (χ1n) is 6.15. The summed E-state index contributed by atoms with van der Waals surface area (Å²) in [6.07, 6.45) is 0. The average molecular weight is 269 g/mol. The zero-order valence-electron chi connectivity index (χ0n) is 11.6. The first-order chi connectivity index (χ1) is 9.37. The van der Waals surface area contributed by atoms with Crippen molar-refractivity contribution in [3.05, 3.63) is 35.9 Å². The van der Waals surface area contributed by atoms with Crippen molar-refractivity contribution in [2.75, 3.05) is 11.9 Å². The van der Waals surface area contributed by atoms with E-state index in [-0.39, 0.29) is 0 Å². The number of likely N-dealkylation sites (N-methyl/N-ethyl adjacent to an activating group) is 1. The van der Waals surface area contributed by atoms with Crippen LogP contribution < -0.4 is 4.90 Å². The van der Waals surface area contributed by atoms with Crippen molar-refractivity contribution in [1.29, 1.82) is 5.26 Å². The topological polar surface area (TPSA) is 77.2 Å². The number of anilines is 1. The van der Waals surface area contributed by atoms with Gasteiger partial charge in [-0.25, -0.2) is 9.78 Å². The molecule has 1 heterocycles. The normalized spacial score (nSPS) is 11.1. The summed E-state index contributed by atoms with van der Waals surface area (Å²) in [7, 11) is 1.66. The zero-order valence-corrected chi connectivity index (χ0v) is 11.6. The molecule has 0 spiro atoms. The number of aliphatic carboxylic acids is 1. The largest absolute Gasteiger partial charge is 0.480 e. The van der Waals surface area contributed by atoms with Crippen molar-refractivity contribution in [1.82, 2.24) is 4.98 Å². The van der Waals surface area contributed by atoms with E-state index in [2.05, 4.69) is 11.1 Å². The lowest BCUT2D eigenvalue weighted by atomic mass is 10.0. The molecule has 0 amide bonds. The van der Waals surface area contributed by atoms with Crippen LogP contribution >= 0.6 is 0 Å². The number of nitriles is 1. The molecule has 1 N–H and O–H groups in total. The third-order valence-electron chi connectivity index (χ3n) is 3.53. The van der Waals surface area contributed by atoms with E-state index in [0.717, 1.165) is 5.39 Å².